The van der Waals surface area contributed by atoms with Gasteiger partial charge in [-0.1, -0.05) is 147 Å². The molecule has 3 nitrogen and oxygen atoms in total. The van der Waals surface area contributed by atoms with Crippen molar-refractivity contribution >= 4 is 48.9 Å². The van der Waals surface area contributed by atoms with Crippen LogP contribution in [0.1, 0.15) is 31.9 Å². The van der Waals surface area contributed by atoms with E-state index < -0.39 is 0 Å². The van der Waals surface area contributed by atoms with Crippen LogP contribution < -0.4 is 5.69 Å². The highest BCUT2D eigenvalue weighted by Gasteiger charge is 2.34. The molecule has 9 aromatic rings. The molecule has 0 aliphatic heterocycles. The maximum atomic E-state index is 14.0. The molecular weight excluding hydrogens is 657 g/mol. The Balaban J connectivity index is 1.09. The number of para-hydroxylation sites is 3. The molecule has 0 unspecified atom stereocenters. The van der Waals surface area contributed by atoms with E-state index in [4.69, 9.17) is 0 Å². The fraction of sp³-hybridized carbons (Fsp3) is 0.0784. The van der Waals surface area contributed by atoms with Gasteiger partial charge in [0.05, 0.1) is 22.4 Å². The standard InChI is InChI=1S/C51H38N2O/c1-5-6-14-39-32(2)51(3,4)45-31-36(23-28-42(39)45)41-27-20-35-21-29-43-40(26-19-34-22-30-44(41)49(35)48(34)43)33-17-24-38(25-18-33)53-47-16-11-10-15-46(47)52(50(53)54)37-12-8-7-9-13-37/h5-31H,1H2,2-4H3/b14-6-. The van der Waals surface area contributed by atoms with Gasteiger partial charge >= 0.3 is 5.69 Å². The van der Waals surface area contributed by atoms with Crippen molar-refractivity contribution in [2.24, 2.45) is 0 Å². The SMILES string of the molecule is C=C/C=C\C1=C(C)C(C)(C)c2cc(-c3ccc4ccc5c(-c6ccc(-n7c(=O)n(-c8ccccc8)c8ccccc87)cc6)ccc6ccc3c4c65)ccc21. The quantitative estimate of drug-likeness (QED) is 0.126. The van der Waals surface area contributed by atoms with Crippen LogP contribution >= 0.6 is 0 Å². The van der Waals surface area contributed by atoms with E-state index in [0.717, 1.165) is 28.0 Å². The van der Waals surface area contributed by atoms with Crippen molar-refractivity contribution in [3.05, 3.63) is 198 Å². The molecule has 0 amide bonds. The third kappa shape index (κ3) is 4.58. The number of benzene rings is 8. The summed E-state index contributed by atoms with van der Waals surface area (Å²) in [6.45, 7) is 10.8. The second-order valence-corrected chi connectivity index (χ2v) is 15.0. The molecule has 1 aliphatic carbocycles. The van der Waals surface area contributed by atoms with Crippen molar-refractivity contribution in [1.29, 1.82) is 0 Å². The Kier molecular flexibility index (Phi) is 7.05. The number of hydrogen-bond acceptors (Lipinski definition) is 1. The lowest BCUT2D eigenvalue weighted by molar-refractivity contribution is 0.639. The number of aromatic nitrogens is 2. The topological polar surface area (TPSA) is 26.9 Å². The van der Waals surface area contributed by atoms with Crippen LogP contribution in [0.25, 0.3) is 82.6 Å². The normalized spacial score (nSPS) is 14.0. The molecule has 3 heteroatoms. The van der Waals surface area contributed by atoms with Crippen molar-refractivity contribution in [1.82, 2.24) is 9.13 Å². The van der Waals surface area contributed by atoms with Crippen molar-refractivity contribution in [2.45, 2.75) is 26.2 Å². The first kappa shape index (κ1) is 32.0. The number of allylic oxidation sites excluding steroid dienone is 5. The zero-order valence-electron chi connectivity index (χ0n) is 30.6. The summed E-state index contributed by atoms with van der Waals surface area (Å²) >= 11 is 0. The summed E-state index contributed by atoms with van der Waals surface area (Å²) in [6.07, 6.45) is 6.08. The van der Waals surface area contributed by atoms with E-state index in [-0.39, 0.29) is 11.1 Å². The van der Waals surface area contributed by atoms with Crippen LogP contribution in [-0.2, 0) is 5.41 Å². The van der Waals surface area contributed by atoms with Gasteiger partial charge in [-0.05, 0) is 121 Å². The molecule has 1 aromatic heterocycles. The third-order valence-corrected chi connectivity index (χ3v) is 11.9. The predicted molar refractivity (Wildman–Crippen MR) is 228 cm³/mol. The average molecular weight is 695 g/mol. The molecule has 1 heterocycles. The molecule has 0 saturated heterocycles. The summed E-state index contributed by atoms with van der Waals surface area (Å²) in [6, 6.07) is 51.4. The Labute approximate surface area is 314 Å². The van der Waals surface area contributed by atoms with Crippen molar-refractivity contribution in [3.8, 4) is 33.6 Å². The van der Waals surface area contributed by atoms with Gasteiger partial charge in [-0.2, -0.15) is 0 Å². The average Bonchev–Trinajstić information content (AvgIpc) is 3.61. The van der Waals surface area contributed by atoms with Gasteiger partial charge in [0.2, 0.25) is 0 Å². The highest BCUT2D eigenvalue weighted by molar-refractivity contribution is 6.27. The lowest BCUT2D eigenvalue weighted by Gasteiger charge is -2.23. The summed E-state index contributed by atoms with van der Waals surface area (Å²) in [5.41, 5.74) is 13.4. The number of imidazole rings is 1. The Morgan fingerprint density at radius 1 is 0.574 bits per heavy atom. The molecule has 0 bridgehead atoms. The first-order valence-electron chi connectivity index (χ1n) is 18.6. The smallest absolute Gasteiger partial charge is 0.260 e. The molecule has 258 valence electrons. The molecular formula is C51H38N2O. The summed E-state index contributed by atoms with van der Waals surface area (Å²) < 4.78 is 3.60. The minimum absolute atomic E-state index is 0.0624. The zero-order valence-corrected chi connectivity index (χ0v) is 30.6. The minimum atomic E-state index is -0.0861. The van der Waals surface area contributed by atoms with E-state index in [1.54, 1.807) is 4.57 Å². The molecule has 0 saturated carbocycles. The van der Waals surface area contributed by atoms with Gasteiger partial charge in [-0.25, -0.2) is 4.79 Å². The zero-order chi connectivity index (χ0) is 36.7. The molecule has 0 atom stereocenters. The van der Waals surface area contributed by atoms with Crippen molar-refractivity contribution in [2.75, 3.05) is 0 Å². The Bertz CT molecular complexity index is 3100. The Hall–Kier alpha value is -6.71. The van der Waals surface area contributed by atoms with E-state index in [2.05, 4.69) is 124 Å². The molecule has 54 heavy (non-hydrogen) atoms. The summed E-state index contributed by atoms with van der Waals surface area (Å²) in [4.78, 5) is 14.0. The van der Waals surface area contributed by atoms with Crippen LogP contribution in [0.3, 0.4) is 0 Å². The van der Waals surface area contributed by atoms with Crippen molar-refractivity contribution < 1.29 is 0 Å². The molecule has 0 fully saturated rings. The largest absolute Gasteiger partial charge is 0.338 e. The maximum Gasteiger partial charge on any atom is 0.338 e. The second kappa shape index (κ2) is 11.9. The first-order chi connectivity index (χ1) is 26.3. The first-order valence-corrected chi connectivity index (χ1v) is 18.6. The fourth-order valence-corrected chi connectivity index (χ4v) is 8.90. The molecule has 0 N–H and O–H groups in total. The van der Waals surface area contributed by atoms with Gasteiger partial charge in [0, 0.05) is 5.41 Å². The van der Waals surface area contributed by atoms with Gasteiger partial charge in [0.25, 0.3) is 0 Å². The van der Waals surface area contributed by atoms with Gasteiger partial charge in [0.15, 0.2) is 0 Å². The fourth-order valence-electron chi connectivity index (χ4n) is 8.90. The van der Waals surface area contributed by atoms with Gasteiger partial charge in [-0.3, -0.25) is 9.13 Å². The molecule has 1 aliphatic rings. The second-order valence-electron chi connectivity index (χ2n) is 15.0. The van der Waals surface area contributed by atoms with Gasteiger partial charge in [0.1, 0.15) is 0 Å². The maximum absolute atomic E-state index is 14.0. The van der Waals surface area contributed by atoms with Crippen LogP contribution in [-0.4, -0.2) is 9.13 Å². The van der Waals surface area contributed by atoms with Crippen molar-refractivity contribution in [3.63, 3.8) is 0 Å². The molecule has 0 radical (unpaired) electrons. The molecule has 8 aromatic carbocycles. The lowest BCUT2D eigenvalue weighted by atomic mass is 9.80. The van der Waals surface area contributed by atoms with Crippen LogP contribution in [0.4, 0.5) is 0 Å². The lowest BCUT2D eigenvalue weighted by Crippen LogP contribution is -2.22. The third-order valence-electron chi connectivity index (χ3n) is 11.9. The monoisotopic (exact) mass is 694 g/mol. The van der Waals surface area contributed by atoms with Gasteiger partial charge in [-0.15, -0.1) is 0 Å². The van der Waals surface area contributed by atoms with Crippen LogP contribution in [0, 0.1) is 0 Å². The van der Waals surface area contributed by atoms with Crippen LogP contribution in [0.15, 0.2) is 181 Å². The highest BCUT2D eigenvalue weighted by atomic mass is 16.1. The summed E-state index contributed by atoms with van der Waals surface area (Å²) in [7, 11) is 0. The number of nitrogens with zero attached hydrogens (tertiary/aromatic N) is 2. The molecule has 0 spiro atoms. The predicted octanol–water partition coefficient (Wildman–Crippen LogP) is 12.8. The number of hydrogen-bond donors (Lipinski definition) is 0. The Morgan fingerprint density at radius 3 is 1.70 bits per heavy atom. The van der Waals surface area contributed by atoms with E-state index >= 15 is 0 Å². The van der Waals surface area contributed by atoms with E-state index in [1.807, 2.05) is 71.3 Å². The molecule has 10 rings (SSSR count). The van der Waals surface area contributed by atoms with E-state index in [1.165, 1.54) is 71.3 Å². The Morgan fingerprint density at radius 2 is 1.09 bits per heavy atom. The summed E-state index contributed by atoms with van der Waals surface area (Å²) in [5.74, 6) is 0. The van der Waals surface area contributed by atoms with E-state index in [0.29, 0.717) is 0 Å². The van der Waals surface area contributed by atoms with E-state index in [9.17, 15) is 4.79 Å². The summed E-state index contributed by atoms with van der Waals surface area (Å²) in [5, 5.41) is 7.54. The van der Waals surface area contributed by atoms with Crippen LogP contribution in [0.5, 0.6) is 0 Å². The van der Waals surface area contributed by atoms with Gasteiger partial charge < -0.3 is 0 Å². The number of fused-ring (bicyclic) bond motifs is 2. The number of rotatable bonds is 6. The minimum Gasteiger partial charge on any atom is -0.260 e. The highest BCUT2D eigenvalue weighted by Crippen LogP contribution is 2.49. The van der Waals surface area contributed by atoms with Crippen LogP contribution in [0.2, 0.25) is 0 Å².